The van der Waals surface area contributed by atoms with Crippen molar-refractivity contribution in [2.24, 2.45) is 0 Å². The fraction of sp³-hybridized carbons (Fsp3) is 0.857. The number of hydrogen-bond donors (Lipinski definition) is 1. The van der Waals surface area contributed by atoms with Gasteiger partial charge in [-0.3, -0.25) is 0 Å². The normalized spacial score (nSPS) is 24.1. The average Bonchev–Trinajstić information content (AvgIpc) is 2.74. The SMILES string of the molecule is CCCCCCC[C@@H]1CC[C@H](C#CCO)O1. The molecule has 2 heteroatoms. The molecule has 1 aliphatic heterocycles. The number of hydrogen-bond acceptors (Lipinski definition) is 2. The van der Waals surface area contributed by atoms with E-state index in [1.165, 1.54) is 38.5 Å². The molecule has 2 atom stereocenters. The highest BCUT2D eigenvalue weighted by Crippen LogP contribution is 2.23. The van der Waals surface area contributed by atoms with Crippen LogP contribution in [0.3, 0.4) is 0 Å². The summed E-state index contributed by atoms with van der Waals surface area (Å²) in [6.07, 6.45) is 10.5. The Labute approximate surface area is 99.4 Å². The second-order valence-corrected chi connectivity index (χ2v) is 4.51. The van der Waals surface area contributed by atoms with Crippen LogP contribution in [0.15, 0.2) is 0 Å². The molecule has 0 aromatic rings. The second kappa shape index (κ2) is 8.61. The third-order valence-corrected chi connectivity index (χ3v) is 3.08. The maximum atomic E-state index is 8.59. The van der Waals surface area contributed by atoms with Crippen LogP contribution in [0.5, 0.6) is 0 Å². The molecular formula is C14H24O2. The Morgan fingerprint density at radius 3 is 2.75 bits per heavy atom. The Hall–Kier alpha value is -0.520. The molecule has 0 bridgehead atoms. The third kappa shape index (κ3) is 5.53. The molecule has 0 aromatic carbocycles. The van der Waals surface area contributed by atoms with Gasteiger partial charge in [-0.2, -0.15) is 0 Å². The quantitative estimate of drug-likeness (QED) is 0.555. The lowest BCUT2D eigenvalue weighted by molar-refractivity contribution is 0.0685. The fourth-order valence-electron chi connectivity index (χ4n) is 2.16. The van der Waals surface area contributed by atoms with Gasteiger partial charge in [0, 0.05) is 0 Å². The summed E-state index contributed by atoms with van der Waals surface area (Å²) in [5.74, 6) is 5.63. The standard InChI is InChI=1S/C14H24O2/c1-2-3-4-5-6-8-13-10-11-14(16-13)9-7-12-15/h13-15H,2-6,8,10-12H2,1H3/t13-,14+/m1/s1. The van der Waals surface area contributed by atoms with Gasteiger partial charge in [-0.25, -0.2) is 0 Å². The van der Waals surface area contributed by atoms with Crippen molar-refractivity contribution in [2.75, 3.05) is 6.61 Å². The molecule has 0 unspecified atom stereocenters. The van der Waals surface area contributed by atoms with Gasteiger partial charge in [0.2, 0.25) is 0 Å². The van der Waals surface area contributed by atoms with Crippen LogP contribution in [0.2, 0.25) is 0 Å². The predicted molar refractivity (Wildman–Crippen MR) is 66.1 cm³/mol. The summed E-state index contributed by atoms with van der Waals surface area (Å²) in [5.41, 5.74) is 0. The topological polar surface area (TPSA) is 29.5 Å². The van der Waals surface area contributed by atoms with E-state index in [-0.39, 0.29) is 12.7 Å². The van der Waals surface area contributed by atoms with Crippen LogP contribution < -0.4 is 0 Å². The molecule has 1 rings (SSSR count). The van der Waals surface area contributed by atoms with Crippen LogP contribution in [0, 0.1) is 11.8 Å². The van der Waals surface area contributed by atoms with E-state index in [4.69, 9.17) is 9.84 Å². The van der Waals surface area contributed by atoms with Gasteiger partial charge in [0.15, 0.2) is 0 Å². The summed E-state index contributed by atoms with van der Waals surface area (Å²) in [6.45, 7) is 2.19. The Bertz CT molecular complexity index is 227. The van der Waals surface area contributed by atoms with Gasteiger partial charge in [0.05, 0.1) is 6.10 Å². The number of aliphatic hydroxyl groups is 1. The molecule has 1 N–H and O–H groups in total. The maximum Gasteiger partial charge on any atom is 0.118 e. The molecule has 1 heterocycles. The van der Waals surface area contributed by atoms with Crippen molar-refractivity contribution in [2.45, 2.75) is 70.5 Å². The van der Waals surface area contributed by atoms with Crippen LogP contribution in [0.1, 0.15) is 58.3 Å². The summed E-state index contributed by atoms with van der Waals surface area (Å²) < 4.78 is 5.79. The monoisotopic (exact) mass is 224 g/mol. The maximum absolute atomic E-state index is 8.59. The minimum Gasteiger partial charge on any atom is -0.384 e. The van der Waals surface area contributed by atoms with E-state index < -0.39 is 0 Å². The smallest absolute Gasteiger partial charge is 0.118 e. The van der Waals surface area contributed by atoms with Gasteiger partial charge in [-0.1, -0.05) is 50.9 Å². The molecule has 0 spiro atoms. The summed E-state index contributed by atoms with van der Waals surface area (Å²) in [6, 6.07) is 0. The lowest BCUT2D eigenvalue weighted by atomic mass is 10.1. The van der Waals surface area contributed by atoms with Crippen LogP contribution >= 0.6 is 0 Å². The molecule has 0 saturated carbocycles. The molecule has 0 radical (unpaired) electrons. The second-order valence-electron chi connectivity index (χ2n) is 4.51. The van der Waals surface area contributed by atoms with E-state index in [1.807, 2.05) is 0 Å². The van der Waals surface area contributed by atoms with Crippen molar-refractivity contribution in [3.05, 3.63) is 0 Å². The molecule has 0 aromatic heterocycles. The largest absolute Gasteiger partial charge is 0.384 e. The molecule has 1 aliphatic rings. The Morgan fingerprint density at radius 1 is 1.19 bits per heavy atom. The summed E-state index contributed by atoms with van der Waals surface area (Å²) >= 11 is 0. The van der Waals surface area contributed by atoms with Crippen molar-refractivity contribution in [3.63, 3.8) is 0 Å². The molecule has 1 saturated heterocycles. The van der Waals surface area contributed by atoms with Crippen molar-refractivity contribution in [1.29, 1.82) is 0 Å². The van der Waals surface area contributed by atoms with E-state index in [1.54, 1.807) is 0 Å². The highest BCUT2D eigenvalue weighted by Gasteiger charge is 2.22. The predicted octanol–water partition coefficient (Wildman–Crippen LogP) is 2.89. The van der Waals surface area contributed by atoms with Gasteiger partial charge in [0.1, 0.15) is 12.7 Å². The van der Waals surface area contributed by atoms with Gasteiger partial charge in [-0.15, -0.1) is 0 Å². The zero-order valence-corrected chi connectivity index (χ0v) is 10.4. The first kappa shape index (κ1) is 13.5. The average molecular weight is 224 g/mol. The van der Waals surface area contributed by atoms with Crippen molar-refractivity contribution >= 4 is 0 Å². The summed E-state index contributed by atoms with van der Waals surface area (Å²) in [7, 11) is 0. The van der Waals surface area contributed by atoms with Crippen molar-refractivity contribution < 1.29 is 9.84 Å². The first-order valence-electron chi connectivity index (χ1n) is 6.61. The highest BCUT2D eigenvalue weighted by atomic mass is 16.5. The molecule has 0 amide bonds. The van der Waals surface area contributed by atoms with Crippen molar-refractivity contribution in [1.82, 2.24) is 0 Å². The van der Waals surface area contributed by atoms with Crippen LogP contribution in [-0.4, -0.2) is 23.9 Å². The zero-order chi connectivity index (χ0) is 11.6. The first-order chi connectivity index (χ1) is 7.86. The van der Waals surface area contributed by atoms with Gasteiger partial charge in [0.25, 0.3) is 0 Å². The van der Waals surface area contributed by atoms with Gasteiger partial charge in [-0.05, 0) is 19.3 Å². The summed E-state index contributed by atoms with van der Waals surface area (Å²) in [4.78, 5) is 0. The summed E-state index contributed by atoms with van der Waals surface area (Å²) in [5, 5.41) is 8.59. The fourth-order valence-corrected chi connectivity index (χ4v) is 2.16. The van der Waals surface area contributed by atoms with Crippen molar-refractivity contribution in [3.8, 4) is 11.8 Å². The lowest BCUT2D eigenvalue weighted by Gasteiger charge is -2.09. The first-order valence-corrected chi connectivity index (χ1v) is 6.61. The molecular weight excluding hydrogens is 200 g/mol. The molecule has 0 aliphatic carbocycles. The van der Waals surface area contributed by atoms with E-state index in [2.05, 4.69) is 18.8 Å². The minimum atomic E-state index is -0.0540. The molecule has 1 fully saturated rings. The Morgan fingerprint density at radius 2 is 2.00 bits per heavy atom. The lowest BCUT2D eigenvalue weighted by Crippen LogP contribution is -2.09. The third-order valence-electron chi connectivity index (χ3n) is 3.08. The Kier molecular flexibility index (Phi) is 7.29. The van der Waals surface area contributed by atoms with E-state index in [0.717, 1.165) is 12.8 Å². The number of rotatable bonds is 6. The van der Waals surface area contributed by atoms with Crippen LogP contribution in [0.25, 0.3) is 0 Å². The number of unbranched alkanes of at least 4 members (excludes halogenated alkanes) is 4. The zero-order valence-electron chi connectivity index (χ0n) is 10.4. The van der Waals surface area contributed by atoms with E-state index in [9.17, 15) is 0 Å². The highest BCUT2D eigenvalue weighted by molar-refractivity contribution is 5.06. The molecule has 16 heavy (non-hydrogen) atoms. The van der Waals surface area contributed by atoms with Gasteiger partial charge >= 0.3 is 0 Å². The molecule has 92 valence electrons. The van der Waals surface area contributed by atoms with Gasteiger partial charge < -0.3 is 9.84 Å². The van der Waals surface area contributed by atoms with E-state index >= 15 is 0 Å². The number of ether oxygens (including phenoxy) is 1. The van der Waals surface area contributed by atoms with E-state index in [0.29, 0.717) is 6.10 Å². The van der Waals surface area contributed by atoms with Crippen LogP contribution in [-0.2, 0) is 4.74 Å². The Balaban J connectivity index is 2.03. The molecule has 2 nitrogen and oxygen atoms in total. The number of aliphatic hydroxyl groups excluding tert-OH is 1. The minimum absolute atomic E-state index is 0.0540. The van der Waals surface area contributed by atoms with Crippen LogP contribution in [0.4, 0.5) is 0 Å².